The summed E-state index contributed by atoms with van der Waals surface area (Å²) < 4.78 is 2.11. The highest BCUT2D eigenvalue weighted by Gasteiger charge is 2.25. The van der Waals surface area contributed by atoms with Gasteiger partial charge in [-0.2, -0.15) is 5.10 Å². The highest BCUT2D eigenvalue weighted by atomic mass is 16.3. The molecule has 26 heavy (non-hydrogen) atoms. The molecule has 2 N–H and O–H groups in total. The Kier molecular flexibility index (Phi) is 6.70. The number of amides is 1. The summed E-state index contributed by atoms with van der Waals surface area (Å²) in [6, 6.07) is 2.84. The van der Waals surface area contributed by atoms with E-state index in [-0.39, 0.29) is 5.91 Å². The zero-order valence-corrected chi connectivity index (χ0v) is 16.3. The van der Waals surface area contributed by atoms with E-state index in [9.17, 15) is 9.90 Å². The largest absolute Gasteiger partial charge is 0.383 e. The van der Waals surface area contributed by atoms with Crippen LogP contribution in [0.1, 0.15) is 70.2 Å². The van der Waals surface area contributed by atoms with Gasteiger partial charge in [-0.25, -0.2) is 0 Å². The van der Waals surface area contributed by atoms with Crippen LogP contribution in [0.15, 0.2) is 6.07 Å². The van der Waals surface area contributed by atoms with Crippen molar-refractivity contribution in [2.75, 3.05) is 6.54 Å². The fourth-order valence-corrected chi connectivity index (χ4v) is 4.24. The van der Waals surface area contributed by atoms with Crippen molar-refractivity contribution in [3.8, 4) is 0 Å². The van der Waals surface area contributed by atoms with Crippen LogP contribution in [0.3, 0.4) is 0 Å². The summed E-state index contributed by atoms with van der Waals surface area (Å²) in [6.45, 7) is 7.45. The van der Waals surface area contributed by atoms with E-state index in [2.05, 4.69) is 26.1 Å². The third-order valence-corrected chi connectivity index (χ3v) is 5.63. The average Bonchev–Trinajstić information content (AvgIpc) is 2.90. The van der Waals surface area contributed by atoms with Crippen molar-refractivity contribution in [2.45, 2.75) is 90.6 Å². The van der Waals surface area contributed by atoms with Crippen LogP contribution in [-0.2, 0) is 24.4 Å². The van der Waals surface area contributed by atoms with Gasteiger partial charge in [0, 0.05) is 25.7 Å². The third kappa shape index (κ3) is 5.07. The van der Waals surface area contributed by atoms with Crippen molar-refractivity contribution in [2.24, 2.45) is 5.92 Å². The highest BCUT2D eigenvalue weighted by molar-refractivity contribution is 5.80. The van der Waals surface area contributed by atoms with Crippen molar-refractivity contribution in [3.05, 3.63) is 17.5 Å². The number of nitrogens with zero attached hydrogens (tertiary/aromatic N) is 3. The zero-order chi connectivity index (χ0) is 18.5. The van der Waals surface area contributed by atoms with Crippen LogP contribution in [0.5, 0.6) is 0 Å². The number of aromatic nitrogens is 2. The monoisotopic (exact) mass is 362 g/mol. The van der Waals surface area contributed by atoms with Gasteiger partial charge >= 0.3 is 0 Å². The van der Waals surface area contributed by atoms with E-state index in [1.54, 1.807) is 0 Å². The van der Waals surface area contributed by atoms with Gasteiger partial charge in [-0.15, -0.1) is 0 Å². The van der Waals surface area contributed by atoms with Crippen LogP contribution >= 0.6 is 0 Å². The minimum absolute atomic E-state index is 0.296. The predicted octanol–water partition coefficient (Wildman–Crippen LogP) is 2.44. The Hall–Kier alpha value is -1.40. The Morgan fingerprint density at radius 3 is 2.77 bits per heavy atom. The molecule has 6 nitrogen and oxygen atoms in total. The van der Waals surface area contributed by atoms with Gasteiger partial charge in [0.15, 0.2) is 0 Å². The summed E-state index contributed by atoms with van der Waals surface area (Å²) in [6.07, 6.45) is 7.43. The fourth-order valence-electron chi connectivity index (χ4n) is 4.24. The van der Waals surface area contributed by atoms with Crippen molar-refractivity contribution >= 4 is 5.91 Å². The molecule has 1 aliphatic heterocycles. The quantitative estimate of drug-likeness (QED) is 0.815. The molecule has 1 fully saturated rings. The molecule has 146 valence electrons. The fraction of sp³-hybridized carbons (Fsp3) is 0.800. The summed E-state index contributed by atoms with van der Waals surface area (Å²) >= 11 is 0. The van der Waals surface area contributed by atoms with Crippen LogP contribution < -0.4 is 5.32 Å². The first-order chi connectivity index (χ1) is 12.5. The normalized spacial score (nSPS) is 20.6. The summed E-state index contributed by atoms with van der Waals surface area (Å²) in [5.41, 5.74) is 2.13. The van der Waals surface area contributed by atoms with Gasteiger partial charge in [0.25, 0.3) is 0 Å². The Morgan fingerprint density at radius 1 is 1.27 bits per heavy atom. The summed E-state index contributed by atoms with van der Waals surface area (Å²) in [5, 5.41) is 17.4. The smallest absolute Gasteiger partial charge is 0.249 e. The molecule has 1 aliphatic carbocycles. The lowest BCUT2D eigenvalue weighted by atomic mass is 9.94. The molecule has 2 aliphatic rings. The van der Waals surface area contributed by atoms with Crippen LogP contribution in [0.4, 0.5) is 0 Å². The van der Waals surface area contributed by atoms with Gasteiger partial charge in [-0.1, -0.05) is 33.1 Å². The van der Waals surface area contributed by atoms with E-state index in [1.165, 1.54) is 37.8 Å². The average molecular weight is 363 g/mol. The van der Waals surface area contributed by atoms with Gasteiger partial charge < -0.3 is 10.4 Å². The number of aliphatic hydroxyl groups is 1. The topological polar surface area (TPSA) is 70.4 Å². The number of carbonyl (C=O) groups is 1. The van der Waals surface area contributed by atoms with E-state index in [4.69, 9.17) is 0 Å². The maximum absolute atomic E-state index is 12.0. The lowest BCUT2D eigenvalue weighted by Crippen LogP contribution is -2.36. The first kappa shape index (κ1) is 19.4. The summed E-state index contributed by atoms with van der Waals surface area (Å²) in [7, 11) is 0. The number of hydrogen-bond acceptors (Lipinski definition) is 4. The number of aliphatic hydroxyl groups excluding tert-OH is 1. The van der Waals surface area contributed by atoms with Crippen LogP contribution in [0, 0.1) is 5.92 Å². The van der Waals surface area contributed by atoms with E-state index in [0.717, 1.165) is 37.8 Å². The van der Waals surface area contributed by atoms with E-state index < -0.39 is 6.10 Å². The Bertz CT molecular complexity index is 593. The molecule has 1 amide bonds. The number of carbonyl (C=O) groups excluding carboxylic acids is 1. The van der Waals surface area contributed by atoms with E-state index in [0.29, 0.717) is 18.9 Å². The molecule has 0 aromatic carbocycles. The number of hydrogen-bond donors (Lipinski definition) is 2. The second-order valence-corrected chi connectivity index (χ2v) is 8.33. The molecule has 0 spiro atoms. The molecular weight excluding hydrogens is 328 g/mol. The molecule has 1 saturated carbocycles. The molecule has 1 aromatic heterocycles. The first-order valence-electron chi connectivity index (χ1n) is 10.3. The maximum atomic E-state index is 12.0. The van der Waals surface area contributed by atoms with E-state index >= 15 is 0 Å². The first-order valence-corrected chi connectivity index (χ1v) is 10.3. The number of nitrogens with one attached hydrogen (secondary N) is 1. The summed E-state index contributed by atoms with van der Waals surface area (Å²) in [4.78, 5) is 14.6. The lowest BCUT2D eigenvalue weighted by molar-refractivity contribution is -0.130. The summed E-state index contributed by atoms with van der Waals surface area (Å²) in [5.74, 6) is -0.00378. The Balaban J connectivity index is 1.56. The SMILES string of the molecule is CC(C)C[C@H](O)C(=O)NCc1cc2n(n1)CCCN(C1CCCCC1)C2. The van der Waals surface area contributed by atoms with Gasteiger partial charge in [0.05, 0.1) is 17.9 Å². The number of rotatable bonds is 6. The molecule has 6 heteroatoms. The van der Waals surface area contributed by atoms with E-state index in [1.807, 2.05) is 13.8 Å². The van der Waals surface area contributed by atoms with Crippen LogP contribution in [0.25, 0.3) is 0 Å². The molecule has 3 rings (SSSR count). The van der Waals surface area contributed by atoms with Gasteiger partial charge in [-0.3, -0.25) is 14.4 Å². The van der Waals surface area contributed by atoms with Crippen molar-refractivity contribution in [3.63, 3.8) is 0 Å². The number of aryl methyl sites for hydroxylation is 1. The maximum Gasteiger partial charge on any atom is 0.249 e. The molecule has 0 unspecified atom stereocenters. The second-order valence-electron chi connectivity index (χ2n) is 8.33. The Labute approximate surface area is 156 Å². The Morgan fingerprint density at radius 2 is 2.04 bits per heavy atom. The van der Waals surface area contributed by atoms with Crippen molar-refractivity contribution in [1.29, 1.82) is 0 Å². The van der Waals surface area contributed by atoms with Gasteiger partial charge in [0.2, 0.25) is 5.91 Å². The lowest BCUT2D eigenvalue weighted by Gasteiger charge is -2.33. The minimum atomic E-state index is -0.933. The molecule has 1 aromatic rings. The van der Waals surface area contributed by atoms with Crippen molar-refractivity contribution < 1.29 is 9.90 Å². The van der Waals surface area contributed by atoms with Gasteiger partial charge in [0.1, 0.15) is 6.10 Å². The zero-order valence-electron chi connectivity index (χ0n) is 16.3. The molecule has 0 saturated heterocycles. The van der Waals surface area contributed by atoms with Crippen molar-refractivity contribution in [1.82, 2.24) is 20.0 Å². The highest BCUT2D eigenvalue weighted by Crippen LogP contribution is 2.26. The number of fused-ring (bicyclic) bond motifs is 1. The molecule has 0 bridgehead atoms. The predicted molar refractivity (Wildman–Crippen MR) is 101 cm³/mol. The molecule has 1 atom stereocenters. The van der Waals surface area contributed by atoms with Crippen LogP contribution in [-0.4, -0.2) is 44.4 Å². The molecule has 0 radical (unpaired) electrons. The van der Waals surface area contributed by atoms with Crippen LogP contribution in [0.2, 0.25) is 0 Å². The molecule has 2 heterocycles. The third-order valence-electron chi connectivity index (χ3n) is 5.63. The minimum Gasteiger partial charge on any atom is -0.383 e. The van der Waals surface area contributed by atoms with Gasteiger partial charge in [-0.05, 0) is 37.7 Å². The molecular formula is C20H34N4O2. The standard InChI is InChI=1S/C20H34N4O2/c1-15(2)11-19(25)20(26)21-13-16-12-18-14-23(9-6-10-24(18)22-16)17-7-4-3-5-8-17/h12,15,17,19,25H,3-11,13-14H2,1-2H3,(H,21,26)/t19-/m0/s1. The second kappa shape index (κ2) is 9.00.